The van der Waals surface area contributed by atoms with E-state index < -0.39 is 17.5 Å². The standard InChI is InChI=1S/C24H24ClN5O4/c1-14-27-19-10-5-15(13-26-23(34)28-17-8-6-16(25)7-9-17)12-18(19)21(32)30(14)24(2)11-3-4-20(31)29-22(24)33/h5-10,12H,3-4,11,13H2,1-2H3,(H2,26,28,34)(H,29,31,33). The molecule has 2 aromatic carbocycles. The molecule has 0 bridgehead atoms. The predicted molar refractivity (Wildman–Crippen MR) is 129 cm³/mol. The van der Waals surface area contributed by atoms with E-state index in [-0.39, 0.29) is 24.4 Å². The summed E-state index contributed by atoms with van der Waals surface area (Å²) in [7, 11) is 0. The molecule has 9 nitrogen and oxygen atoms in total. The number of carbonyl (C=O) groups is 3. The number of halogens is 1. The van der Waals surface area contributed by atoms with Gasteiger partial charge in [-0.05, 0) is 68.7 Å². The number of hydrogen-bond acceptors (Lipinski definition) is 5. The predicted octanol–water partition coefficient (Wildman–Crippen LogP) is 3.22. The van der Waals surface area contributed by atoms with Crippen molar-refractivity contribution in [1.82, 2.24) is 20.2 Å². The normalized spacial score (nSPS) is 18.3. The summed E-state index contributed by atoms with van der Waals surface area (Å²) in [5.74, 6) is -0.478. The summed E-state index contributed by atoms with van der Waals surface area (Å²) in [5, 5.41) is 8.73. The highest BCUT2D eigenvalue weighted by Crippen LogP contribution is 2.27. The molecule has 1 aliphatic rings. The van der Waals surface area contributed by atoms with Gasteiger partial charge in [-0.1, -0.05) is 17.7 Å². The van der Waals surface area contributed by atoms with Gasteiger partial charge in [0.2, 0.25) is 5.91 Å². The van der Waals surface area contributed by atoms with Crippen molar-refractivity contribution < 1.29 is 14.4 Å². The lowest BCUT2D eigenvalue weighted by Gasteiger charge is -2.30. The molecule has 34 heavy (non-hydrogen) atoms. The number of fused-ring (bicyclic) bond motifs is 1. The second-order valence-electron chi connectivity index (χ2n) is 8.47. The molecule has 0 aliphatic carbocycles. The van der Waals surface area contributed by atoms with E-state index in [9.17, 15) is 19.2 Å². The second-order valence-corrected chi connectivity index (χ2v) is 8.91. The molecular formula is C24H24ClN5O4. The van der Waals surface area contributed by atoms with Gasteiger partial charge in [-0.15, -0.1) is 0 Å². The van der Waals surface area contributed by atoms with Crippen LogP contribution in [0.25, 0.3) is 10.9 Å². The first kappa shape index (κ1) is 23.4. The molecule has 10 heteroatoms. The fourth-order valence-corrected chi connectivity index (χ4v) is 4.30. The lowest BCUT2D eigenvalue weighted by Crippen LogP contribution is -2.51. The Balaban J connectivity index is 1.60. The number of nitrogens with one attached hydrogen (secondary N) is 3. The van der Waals surface area contributed by atoms with Crippen molar-refractivity contribution in [2.75, 3.05) is 5.32 Å². The van der Waals surface area contributed by atoms with Gasteiger partial charge in [-0.2, -0.15) is 0 Å². The number of urea groups is 1. The smallest absolute Gasteiger partial charge is 0.319 e. The number of amides is 4. The Bertz CT molecular complexity index is 1350. The van der Waals surface area contributed by atoms with Gasteiger partial charge in [-0.25, -0.2) is 9.78 Å². The number of rotatable bonds is 4. The van der Waals surface area contributed by atoms with Gasteiger partial charge in [0.15, 0.2) is 0 Å². The van der Waals surface area contributed by atoms with Crippen LogP contribution in [0.1, 0.15) is 37.6 Å². The quantitative estimate of drug-likeness (QED) is 0.494. The van der Waals surface area contributed by atoms with Crippen molar-refractivity contribution in [2.45, 2.75) is 45.2 Å². The number of aromatic nitrogens is 2. The van der Waals surface area contributed by atoms with Crippen molar-refractivity contribution in [3.05, 3.63) is 69.2 Å². The first-order chi connectivity index (χ1) is 16.2. The number of carbonyl (C=O) groups excluding carboxylic acids is 3. The van der Waals surface area contributed by atoms with Crippen LogP contribution in [-0.2, 0) is 21.7 Å². The summed E-state index contributed by atoms with van der Waals surface area (Å²) < 4.78 is 1.37. The minimum absolute atomic E-state index is 0.176. The third-order valence-electron chi connectivity index (χ3n) is 5.96. The Labute approximate surface area is 200 Å². The zero-order chi connectivity index (χ0) is 24.5. The molecule has 2 heterocycles. The maximum atomic E-state index is 13.5. The summed E-state index contributed by atoms with van der Waals surface area (Å²) in [5.41, 5.74) is 0.167. The maximum absolute atomic E-state index is 13.5. The molecule has 4 rings (SSSR count). The lowest BCUT2D eigenvalue weighted by atomic mass is 9.94. The van der Waals surface area contributed by atoms with E-state index >= 15 is 0 Å². The Morgan fingerprint density at radius 3 is 2.65 bits per heavy atom. The van der Waals surface area contributed by atoms with Crippen molar-refractivity contribution in [3.8, 4) is 0 Å². The highest BCUT2D eigenvalue weighted by atomic mass is 35.5. The van der Waals surface area contributed by atoms with Crippen LogP contribution in [0.15, 0.2) is 47.3 Å². The number of benzene rings is 2. The number of hydrogen-bond donors (Lipinski definition) is 3. The van der Waals surface area contributed by atoms with E-state index in [2.05, 4.69) is 20.9 Å². The van der Waals surface area contributed by atoms with E-state index in [1.54, 1.807) is 56.3 Å². The van der Waals surface area contributed by atoms with Crippen molar-refractivity contribution in [2.24, 2.45) is 0 Å². The van der Waals surface area contributed by atoms with Crippen LogP contribution in [0.3, 0.4) is 0 Å². The fourth-order valence-electron chi connectivity index (χ4n) is 4.17. The summed E-state index contributed by atoms with van der Waals surface area (Å²) in [4.78, 5) is 54.9. The SMILES string of the molecule is Cc1nc2ccc(CNC(=O)Nc3ccc(Cl)cc3)cc2c(=O)n1C1(C)CCCC(=O)NC1=O. The van der Waals surface area contributed by atoms with Gasteiger partial charge in [0.05, 0.1) is 10.9 Å². The van der Waals surface area contributed by atoms with Crippen LogP contribution in [0.4, 0.5) is 10.5 Å². The molecule has 1 unspecified atom stereocenters. The monoisotopic (exact) mass is 481 g/mol. The van der Waals surface area contributed by atoms with Gasteiger partial charge < -0.3 is 10.6 Å². The third kappa shape index (κ3) is 4.65. The van der Waals surface area contributed by atoms with E-state index in [0.29, 0.717) is 45.8 Å². The summed E-state index contributed by atoms with van der Waals surface area (Å²) in [6.07, 6.45) is 1.04. The van der Waals surface area contributed by atoms with Crippen molar-refractivity contribution >= 4 is 46.0 Å². The number of aryl methyl sites for hydroxylation is 1. The lowest BCUT2D eigenvalue weighted by molar-refractivity contribution is -0.134. The van der Waals surface area contributed by atoms with Gasteiger partial charge in [0.25, 0.3) is 11.5 Å². The first-order valence-corrected chi connectivity index (χ1v) is 11.2. The minimum Gasteiger partial charge on any atom is -0.334 e. The van der Waals surface area contributed by atoms with E-state index in [4.69, 9.17) is 11.6 Å². The molecule has 1 saturated heterocycles. The number of nitrogens with zero attached hydrogens (tertiary/aromatic N) is 2. The van der Waals surface area contributed by atoms with Crippen LogP contribution in [-0.4, -0.2) is 27.4 Å². The molecule has 3 N–H and O–H groups in total. The van der Waals surface area contributed by atoms with Crippen LogP contribution < -0.4 is 21.5 Å². The highest BCUT2D eigenvalue weighted by Gasteiger charge is 2.40. The topological polar surface area (TPSA) is 122 Å². The molecule has 1 aliphatic heterocycles. The molecule has 4 amide bonds. The molecule has 0 spiro atoms. The van der Waals surface area contributed by atoms with E-state index in [0.717, 1.165) is 0 Å². The molecule has 0 saturated carbocycles. The third-order valence-corrected chi connectivity index (χ3v) is 6.21. The Hall–Kier alpha value is -3.72. The molecule has 176 valence electrons. The Kier molecular flexibility index (Phi) is 6.39. The van der Waals surface area contributed by atoms with Crippen molar-refractivity contribution in [1.29, 1.82) is 0 Å². The van der Waals surface area contributed by atoms with Crippen LogP contribution in [0.2, 0.25) is 5.02 Å². The second kappa shape index (κ2) is 9.26. The molecular weight excluding hydrogens is 458 g/mol. The summed E-state index contributed by atoms with van der Waals surface area (Å²) >= 11 is 5.85. The zero-order valence-electron chi connectivity index (χ0n) is 18.8. The first-order valence-electron chi connectivity index (χ1n) is 10.8. The fraction of sp³-hybridized carbons (Fsp3) is 0.292. The van der Waals surface area contributed by atoms with Crippen molar-refractivity contribution in [3.63, 3.8) is 0 Å². The molecule has 1 aromatic heterocycles. The average molecular weight is 482 g/mol. The molecule has 1 fully saturated rings. The van der Waals surface area contributed by atoms with E-state index in [1.165, 1.54) is 4.57 Å². The summed E-state index contributed by atoms with van der Waals surface area (Å²) in [6.45, 7) is 3.49. The minimum atomic E-state index is -1.23. The van der Waals surface area contributed by atoms with E-state index in [1.807, 2.05) is 0 Å². The number of imide groups is 1. The van der Waals surface area contributed by atoms with Gasteiger partial charge in [0.1, 0.15) is 11.4 Å². The van der Waals surface area contributed by atoms with Gasteiger partial charge >= 0.3 is 6.03 Å². The average Bonchev–Trinajstić information content (AvgIpc) is 2.91. The van der Waals surface area contributed by atoms with Crippen LogP contribution in [0, 0.1) is 6.92 Å². The molecule has 1 atom stereocenters. The largest absolute Gasteiger partial charge is 0.334 e. The maximum Gasteiger partial charge on any atom is 0.319 e. The van der Waals surface area contributed by atoms with Gasteiger partial charge in [-0.3, -0.25) is 24.3 Å². The summed E-state index contributed by atoms with van der Waals surface area (Å²) in [6, 6.07) is 11.5. The molecule has 0 radical (unpaired) electrons. The van der Waals surface area contributed by atoms with Crippen LogP contribution in [0.5, 0.6) is 0 Å². The van der Waals surface area contributed by atoms with Gasteiger partial charge in [0, 0.05) is 23.7 Å². The Morgan fingerprint density at radius 1 is 1.18 bits per heavy atom. The zero-order valence-corrected chi connectivity index (χ0v) is 19.5. The number of anilines is 1. The highest BCUT2D eigenvalue weighted by molar-refractivity contribution is 6.30. The molecule has 3 aromatic rings. The van der Waals surface area contributed by atoms with Crippen LogP contribution >= 0.6 is 11.6 Å². The Morgan fingerprint density at radius 2 is 1.91 bits per heavy atom.